The van der Waals surface area contributed by atoms with Crippen LogP contribution in [0.2, 0.25) is 0 Å². The van der Waals surface area contributed by atoms with Gasteiger partial charge in [-0.25, -0.2) is 4.79 Å². The summed E-state index contributed by atoms with van der Waals surface area (Å²) in [7, 11) is -0.880. The van der Waals surface area contributed by atoms with Crippen molar-refractivity contribution in [3.8, 4) is 0 Å². The summed E-state index contributed by atoms with van der Waals surface area (Å²) in [6, 6.07) is 27.5. The van der Waals surface area contributed by atoms with Gasteiger partial charge >= 0.3 is 35.5 Å². The first-order chi connectivity index (χ1) is 10.8. The molecule has 0 unspecified atom stereocenters. The summed E-state index contributed by atoms with van der Waals surface area (Å²) >= 11 is 0. The van der Waals surface area contributed by atoms with E-state index in [1.54, 1.807) is 12.1 Å². The third-order valence-electron chi connectivity index (χ3n) is 3.40. The molecule has 4 heteroatoms. The summed E-state index contributed by atoms with van der Waals surface area (Å²) in [4.78, 5) is 11.6. The Labute approximate surface area is 160 Å². The molecule has 3 aromatic carbocycles. The molecule has 0 heterocycles. The number of rotatable bonds is 4. The molecule has 0 amide bonds. The Bertz CT molecular complexity index is 742. The van der Waals surface area contributed by atoms with Gasteiger partial charge in [0.15, 0.2) is 0 Å². The van der Waals surface area contributed by atoms with Crippen molar-refractivity contribution in [3.63, 3.8) is 0 Å². The van der Waals surface area contributed by atoms with Crippen molar-refractivity contribution in [1.82, 2.24) is 0 Å². The van der Waals surface area contributed by atoms with Crippen LogP contribution in [-0.2, 0) is 0 Å². The second kappa shape index (κ2) is 8.42. The molecule has 2 nitrogen and oxygen atoms in total. The minimum absolute atomic E-state index is 0. The number of carboxylic acid groups (broad SMARTS) is 1. The van der Waals surface area contributed by atoms with E-state index in [0.717, 1.165) is 15.9 Å². The maximum Gasteiger partial charge on any atom is 1.00 e. The zero-order valence-electron chi connectivity index (χ0n) is 13.9. The SMILES string of the molecule is O=C(O)c1ccccc1P(c1ccccc1)c1ccccc1.[H-].[Na+]. The monoisotopic (exact) mass is 330 g/mol. The molecule has 0 atom stereocenters. The average Bonchev–Trinajstić information content (AvgIpc) is 2.57. The molecular formula is C19H16NaO2P. The molecule has 0 saturated heterocycles. The molecule has 0 aliphatic heterocycles. The third kappa shape index (κ3) is 4.10. The Kier molecular flexibility index (Phi) is 6.56. The minimum atomic E-state index is -0.880. The van der Waals surface area contributed by atoms with Crippen LogP contribution in [0.3, 0.4) is 0 Å². The Hall–Kier alpha value is -1.44. The zero-order chi connectivity index (χ0) is 15.4. The van der Waals surface area contributed by atoms with Crippen LogP contribution in [0.1, 0.15) is 11.8 Å². The van der Waals surface area contributed by atoms with Gasteiger partial charge in [0.25, 0.3) is 0 Å². The van der Waals surface area contributed by atoms with Crippen LogP contribution in [0.15, 0.2) is 84.9 Å². The van der Waals surface area contributed by atoms with Gasteiger partial charge in [-0.05, 0) is 29.9 Å². The van der Waals surface area contributed by atoms with Crippen molar-refractivity contribution < 1.29 is 40.9 Å². The summed E-state index contributed by atoms with van der Waals surface area (Å²) in [6.45, 7) is 0. The average molecular weight is 330 g/mol. The molecule has 110 valence electrons. The van der Waals surface area contributed by atoms with E-state index in [2.05, 4.69) is 24.3 Å². The van der Waals surface area contributed by atoms with Crippen LogP contribution in [0.4, 0.5) is 0 Å². The predicted molar refractivity (Wildman–Crippen MR) is 93.2 cm³/mol. The molecule has 1 N–H and O–H groups in total. The van der Waals surface area contributed by atoms with Crippen LogP contribution in [-0.4, -0.2) is 11.1 Å². The van der Waals surface area contributed by atoms with Crippen molar-refractivity contribution in [1.29, 1.82) is 0 Å². The standard InChI is InChI=1S/C19H15O2P.Na.H/c20-19(21)17-13-7-8-14-18(17)22(15-9-3-1-4-10-15)16-11-5-2-6-12-16;;/h1-14H,(H,20,21);;/q;+1;-1. The van der Waals surface area contributed by atoms with Gasteiger partial charge in [-0.3, -0.25) is 0 Å². The Morgan fingerprint density at radius 1 is 0.739 bits per heavy atom. The van der Waals surface area contributed by atoms with E-state index in [0.29, 0.717) is 5.56 Å². The van der Waals surface area contributed by atoms with Crippen LogP contribution in [0, 0.1) is 0 Å². The first kappa shape index (κ1) is 17.9. The summed E-state index contributed by atoms with van der Waals surface area (Å²) in [5.41, 5.74) is 0.376. The van der Waals surface area contributed by atoms with Gasteiger partial charge in [-0.2, -0.15) is 0 Å². The van der Waals surface area contributed by atoms with Crippen LogP contribution in [0.25, 0.3) is 0 Å². The van der Waals surface area contributed by atoms with Crippen molar-refractivity contribution in [3.05, 3.63) is 90.5 Å². The van der Waals surface area contributed by atoms with Gasteiger partial charge in [-0.15, -0.1) is 0 Å². The van der Waals surface area contributed by atoms with Crippen molar-refractivity contribution in [2.24, 2.45) is 0 Å². The number of hydrogen-bond donors (Lipinski definition) is 1. The molecule has 0 saturated carbocycles. The summed E-state index contributed by atoms with van der Waals surface area (Å²) in [5.74, 6) is -0.880. The van der Waals surface area contributed by atoms with Crippen LogP contribution < -0.4 is 45.5 Å². The fourth-order valence-electron chi connectivity index (χ4n) is 2.43. The molecule has 0 spiro atoms. The molecule has 3 rings (SSSR count). The van der Waals surface area contributed by atoms with Gasteiger partial charge < -0.3 is 6.53 Å². The summed E-state index contributed by atoms with van der Waals surface area (Å²) < 4.78 is 0. The minimum Gasteiger partial charge on any atom is -1.00 e. The molecule has 0 aliphatic carbocycles. The van der Waals surface area contributed by atoms with E-state index in [1.807, 2.05) is 48.5 Å². The fraction of sp³-hybridized carbons (Fsp3) is 0. The number of benzene rings is 3. The summed E-state index contributed by atoms with van der Waals surface area (Å²) in [5, 5.41) is 12.7. The van der Waals surface area contributed by atoms with Crippen molar-refractivity contribution in [2.75, 3.05) is 0 Å². The van der Waals surface area contributed by atoms with Crippen LogP contribution in [0.5, 0.6) is 0 Å². The van der Waals surface area contributed by atoms with Gasteiger partial charge in [-0.1, -0.05) is 78.9 Å². The van der Waals surface area contributed by atoms with E-state index >= 15 is 0 Å². The zero-order valence-corrected chi connectivity index (χ0v) is 15.8. The van der Waals surface area contributed by atoms with E-state index in [-0.39, 0.29) is 31.0 Å². The second-order valence-corrected chi connectivity index (χ2v) is 7.01. The topological polar surface area (TPSA) is 37.3 Å². The molecule has 0 fully saturated rings. The molecular weight excluding hydrogens is 314 g/mol. The molecule has 0 aliphatic rings. The molecule has 0 aromatic heterocycles. The Morgan fingerprint density at radius 2 is 1.17 bits per heavy atom. The Balaban J connectivity index is 0.00000144. The van der Waals surface area contributed by atoms with E-state index < -0.39 is 13.9 Å². The smallest absolute Gasteiger partial charge is 1.00 e. The van der Waals surface area contributed by atoms with Gasteiger partial charge in [0.2, 0.25) is 0 Å². The molecule has 3 aromatic rings. The summed E-state index contributed by atoms with van der Waals surface area (Å²) in [6.07, 6.45) is 0. The van der Waals surface area contributed by atoms with Crippen molar-refractivity contribution >= 4 is 29.8 Å². The molecule has 23 heavy (non-hydrogen) atoms. The largest absolute Gasteiger partial charge is 1.00 e. The van der Waals surface area contributed by atoms with Gasteiger partial charge in [0.05, 0.1) is 5.56 Å². The first-order valence-corrected chi connectivity index (χ1v) is 8.34. The number of carbonyl (C=O) groups is 1. The first-order valence-electron chi connectivity index (χ1n) is 7.00. The number of hydrogen-bond acceptors (Lipinski definition) is 1. The molecule has 0 radical (unpaired) electrons. The quantitative estimate of drug-likeness (QED) is 0.550. The predicted octanol–water partition coefficient (Wildman–Crippen LogP) is 0.260. The van der Waals surface area contributed by atoms with Crippen molar-refractivity contribution in [2.45, 2.75) is 0 Å². The van der Waals surface area contributed by atoms with E-state index in [4.69, 9.17) is 0 Å². The maximum absolute atomic E-state index is 11.6. The normalized spacial score (nSPS) is 10.1. The fourth-order valence-corrected chi connectivity index (χ4v) is 4.87. The van der Waals surface area contributed by atoms with Crippen LogP contribution >= 0.6 is 7.92 Å². The van der Waals surface area contributed by atoms with E-state index in [1.165, 1.54) is 0 Å². The van der Waals surface area contributed by atoms with Gasteiger partial charge in [0.1, 0.15) is 0 Å². The number of carboxylic acids is 1. The maximum atomic E-state index is 11.6. The second-order valence-electron chi connectivity index (χ2n) is 4.83. The Morgan fingerprint density at radius 3 is 1.65 bits per heavy atom. The molecule has 0 bridgehead atoms. The number of aromatic carboxylic acids is 1. The van der Waals surface area contributed by atoms with Gasteiger partial charge in [0, 0.05) is 0 Å². The third-order valence-corrected chi connectivity index (χ3v) is 5.91. The van der Waals surface area contributed by atoms with E-state index in [9.17, 15) is 9.90 Å².